The second kappa shape index (κ2) is 10.2. The number of allylic oxidation sites excluding steroid dienone is 2. The van der Waals surface area contributed by atoms with Crippen molar-refractivity contribution in [3.05, 3.63) is 95.0 Å². The highest BCUT2D eigenvalue weighted by atomic mass is 35.5. The largest absolute Gasteiger partial charge is 0.508 e. The third-order valence-electron chi connectivity index (χ3n) is 10.0. The Balaban J connectivity index is 1.36. The van der Waals surface area contributed by atoms with Crippen LogP contribution in [-0.2, 0) is 19.2 Å². The number of anilines is 2. The number of nitrogens with zero attached hydrogens (tertiary/aromatic N) is 2. The summed E-state index contributed by atoms with van der Waals surface area (Å²) in [5.41, 5.74) is 0.912. The predicted octanol–water partition coefficient (Wildman–Crippen LogP) is 3.16. The molecule has 3 aromatic carbocycles. The molecule has 0 spiro atoms. The fraction of sp³-hybridized carbons (Fsp3) is 0.273. The van der Waals surface area contributed by atoms with Crippen LogP contribution in [-0.4, -0.2) is 45.9 Å². The lowest BCUT2D eigenvalue weighted by molar-refractivity contribution is -0.131. The summed E-state index contributed by atoms with van der Waals surface area (Å²) < 4.78 is 0. The van der Waals surface area contributed by atoms with Crippen molar-refractivity contribution in [3.63, 3.8) is 0 Å². The van der Waals surface area contributed by atoms with Crippen molar-refractivity contribution < 1.29 is 34.3 Å². The molecule has 0 unspecified atom stereocenters. The molecule has 0 bridgehead atoms. The molecule has 9 nitrogen and oxygen atoms in total. The second-order valence-electron chi connectivity index (χ2n) is 12.2. The Labute approximate surface area is 258 Å². The van der Waals surface area contributed by atoms with Gasteiger partial charge in [0.15, 0.2) is 0 Å². The maximum absolute atomic E-state index is 14.4. The lowest BCUT2D eigenvalue weighted by Crippen LogP contribution is -2.49. The number of aromatic hydroxyl groups is 1. The van der Waals surface area contributed by atoms with Crippen LogP contribution < -0.4 is 15.3 Å². The summed E-state index contributed by atoms with van der Waals surface area (Å²) in [6, 6.07) is 19.3. The molecule has 2 aliphatic carbocycles. The van der Waals surface area contributed by atoms with Gasteiger partial charge in [0, 0.05) is 10.9 Å². The molecule has 2 heterocycles. The van der Waals surface area contributed by atoms with E-state index in [9.17, 15) is 34.3 Å². The highest BCUT2D eigenvalue weighted by Gasteiger charge is 2.67. The zero-order chi connectivity index (χ0) is 31.1. The third-order valence-corrected chi connectivity index (χ3v) is 10.3. The smallest absolute Gasteiger partial charge is 0.488 e. The topological polar surface area (TPSA) is 135 Å². The van der Waals surface area contributed by atoms with Crippen molar-refractivity contribution in [2.24, 2.45) is 29.1 Å². The van der Waals surface area contributed by atoms with Gasteiger partial charge in [-0.1, -0.05) is 59.6 Å². The number of phenolic OH excluding ortho intramolecular Hbond substituents is 1. The van der Waals surface area contributed by atoms with Gasteiger partial charge < -0.3 is 15.2 Å². The molecule has 0 aromatic heterocycles. The van der Waals surface area contributed by atoms with E-state index in [2.05, 4.69) is 0 Å². The molecule has 2 aliphatic heterocycles. The number of hydrogen-bond acceptors (Lipinski definition) is 7. The summed E-state index contributed by atoms with van der Waals surface area (Å²) in [7, 11) is -1.77. The molecular formula is C33H28BClN2O7. The lowest BCUT2D eigenvalue weighted by Gasteiger charge is -2.49. The normalized spacial score (nSPS) is 29.4. The average Bonchev–Trinajstić information content (AvgIpc) is 3.37. The Morgan fingerprint density at radius 3 is 2.27 bits per heavy atom. The van der Waals surface area contributed by atoms with Crippen molar-refractivity contribution in [2.45, 2.75) is 25.7 Å². The Morgan fingerprint density at radius 2 is 1.57 bits per heavy atom. The monoisotopic (exact) mass is 610 g/mol. The number of carbonyl (C=O) groups is 4. The number of rotatable bonds is 4. The van der Waals surface area contributed by atoms with E-state index in [0.29, 0.717) is 11.3 Å². The first-order chi connectivity index (χ1) is 21.0. The molecule has 7 rings (SSSR count). The van der Waals surface area contributed by atoms with E-state index >= 15 is 0 Å². The predicted molar refractivity (Wildman–Crippen MR) is 163 cm³/mol. The maximum Gasteiger partial charge on any atom is 0.488 e. The number of fused-ring (bicyclic) bond motifs is 4. The van der Waals surface area contributed by atoms with Crippen LogP contribution in [0.5, 0.6) is 5.75 Å². The number of carbonyl (C=O) groups excluding carboxylic acids is 4. The zero-order valence-corrected chi connectivity index (χ0v) is 24.4. The number of para-hydroxylation sites is 1. The quantitative estimate of drug-likeness (QED) is 0.235. The van der Waals surface area contributed by atoms with Crippen molar-refractivity contribution >= 4 is 59.2 Å². The molecule has 6 atom stereocenters. The molecule has 2 saturated heterocycles. The van der Waals surface area contributed by atoms with Crippen LogP contribution in [0.1, 0.15) is 31.2 Å². The fourth-order valence-corrected chi connectivity index (χ4v) is 8.30. The number of amides is 4. The standard InChI is InChI=1S/C33H28BClN2O7/c1-33-25(30(40)37(32(33)42)18-7-3-2-4-8-18)16-24-21(28(33)22-11-10-20(38)15-26(22)35)12-13-23-27(24)31(41)36(29(23)39)19-9-5-6-17(14-19)34(43)44/h2-12,14-15,23-25,27-28,38,43-44H,13,16H2,1H3/t23-,24+,25-,27-,28+,33+/m0/s1. The van der Waals surface area contributed by atoms with Gasteiger partial charge in [-0.15, -0.1) is 0 Å². The van der Waals surface area contributed by atoms with E-state index in [0.717, 1.165) is 10.5 Å². The fourth-order valence-electron chi connectivity index (χ4n) is 8.01. The zero-order valence-electron chi connectivity index (χ0n) is 23.6. The minimum Gasteiger partial charge on any atom is -0.508 e. The van der Waals surface area contributed by atoms with Gasteiger partial charge in [0.05, 0.1) is 34.5 Å². The van der Waals surface area contributed by atoms with Crippen LogP contribution in [0.25, 0.3) is 0 Å². The Kier molecular flexibility index (Phi) is 6.58. The van der Waals surface area contributed by atoms with Crippen LogP contribution in [0.3, 0.4) is 0 Å². The number of benzene rings is 3. The second-order valence-corrected chi connectivity index (χ2v) is 12.6. The van der Waals surface area contributed by atoms with E-state index < -0.39 is 53.9 Å². The number of phenols is 1. The Bertz CT molecular complexity index is 1780. The lowest BCUT2D eigenvalue weighted by atomic mass is 9.51. The van der Waals surface area contributed by atoms with Crippen molar-refractivity contribution in [2.75, 3.05) is 9.80 Å². The molecule has 3 N–H and O–H groups in total. The first kappa shape index (κ1) is 28.5. The van der Waals surface area contributed by atoms with Crippen LogP contribution in [0.2, 0.25) is 5.02 Å². The molecule has 3 aromatic rings. The van der Waals surface area contributed by atoms with Crippen LogP contribution in [0.4, 0.5) is 11.4 Å². The van der Waals surface area contributed by atoms with E-state index in [4.69, 9.17) is 11.6 Å². The van der Waals surface area contributed by atoms with E-state index in [1.165, 1.54) is 29.2 Å². The van der Waals surface area contributed by atoms with Crippen molar-refractivity contribution in [1.82, 2.24) is 0 Å². The van der Waals surface area contributed by atoms with Crippen molar-refractivity contribution in [1.29, 1.82) is 0 Å². The van der Waals surface area contributed by atoms with Gasteiger partial charge >= 0.3 is 7.12 Å². The Hall–Kier alpha value is -4.25. The van der Waals surface area contributed by atoms with Gasteiger partial charge in [-0.2, -0.15) is 0 Å². The molecule has 4 aliphatic rings. The van der Waals surface area contributed by atoms with E-state index in [1.54, 1.807) is 55.5 Å². The number of hydrogen-bond donors (Lipinski definition) is 3. The van der Waals surface area contributed by atoms with Gasteiger partial charge in [0.25, 0.3) is 0 Å². The van der Waals surface area contributed by atoms with E-state index in [1.807, 2.05) is 6.08 Å². The summed E-state index contributed by atoms with van der Waals surface area (Å²) in [6.45, 7) is 1.78. The van der Waals surface area contributed by atoms with Gasteiger partial charge in [-0.05, 0) is 73.1 Å². The molecule has 44 heavy (non-hydrogen) atoms. The Morgan fingerprint density at radius 1 is 0.841 bits per heavy atom. The summed E-state index contributed by atoms with van der Waals surface area (Å²) in [5.74, 6) is -5.14. The minimum atomic E-state index is -1.77. The average molecular weight is 611 g/mol. The molecule has 4 amide bonds. The molecule has 0 radical (unpaired) electrons. The SMILES string of the molecule is C[C@@]12C(=O)N(c3ccccc3)C(=O)[C@@H]1C[C@@H]1C(=CC[C@@H]3C(=O)N(c4cccc(B(O)O)c4)C(=O)[C@@H]31)[C@@H]2c1ccc(O)cc1Cl. The summed E-state index contributed by atoms with van der Waals surface area (Å²) in [4.78, 5) is 58.8. The first-order valence-electron chi connectivity index (χ1n) is 14.5. The highest BCUT2D eigenvalue weighted by molar-refractivity contribution is 6.58. The van der Waals surface area contributed by atoms with Crippen LogP contribution in [0.15, 0.2) is 84.4 Å². The molecule has 3 fully saturated rings. The first-order valence-corrected chi connectivity index (χ1v) is 14.9. The van der Waals surface area contributed by atoms with Crippen LogP contribution in [0, 0.1) is 29.1 Å². The molecular weight excluding hydrogens is 583 g/mol. The maximum atomic E-state index is 14.4. The molecule has 222 valence electrons. The van der Waals surface area contributed by atoms with Gasteiger partial charge in [-0.3, -0.25) is 24.1 Å². The minimum absolute atomic E-state index is 0.0484. The molecule has 11 heteroatoms. The van der Waals surface area contributed by atoms with Crippen molar-refractivity contribution in [3.8, 4) is 5.75 Å². The van der Waals surface area contributed by atoms with Crippen LogP contribution >= 0.6 is 11.6 Å². The van der Waals surface area contributed by atoms with E-state index in [-0.39, 0.29) is 46.6 Å². The van der Waals surface area contributed by atoms with Gasteiger partial charge in [0.2, 0.25) is 23.6 Å². The number of halogens is 1. The highest BCUT2D eigenvalue weighted by Crippen LogP contribution is 2.64. The third kappa shape index (κ3) is 3.94. The molecule has 1 saturated carbocycles. The van der Waals surface area contributed by atoms with Gasteiger partial charge in [0.1, 0.15) is 5.75 Å². The summed E-state index contributed by atoms with van der Waals surface area (Å²) >= 11 is 6.72. The van der Waals surface area contributed by atoms with Gasteiger partial charge in [-0.25, -0.2) is 4.90 Å². The number of imide groups is 2. The summed E-state index contributed by atoms with van der Waals surface area (Å²) in [5, 5.41) is 29.7. The summed E-state index contributed by atoms with van der Waals surface area (Å²) in [6.07, 6.45) is 2.36.